The van der Waals surface area contributed by atoms with Crippen LogP contribution in [-0.4, -0.2) is 31.8 Å². The maximum atomic E-state index is 6.06. The number of benzene rings is 2. The number of aromatic nitrogens is 5. The smallest absolute Gasteiger partial charge is 0.153 e. The lowest BCUT2D eigenvalue weighted by Crippen LogP contribution is -2.04. The summed E-state index contributed by atoms with van der Waals surface area (Å²) in [5.41, 5.74) is 12.6. The van der Waals surface area contributed by atoms with Crippen LogP contribution >= 0.6 is 0 Å². The fraction of sp³-hybridized carbons (Fsp3) is 0.107. The predicted octanol–water partition coefficient (Wildman–Crippen LogP) is 5.41. The Morgan fingerprint density at radius 2 is 1.78 bits per heavy atom. The van der Waals surface area contributed by atoms with Gasteiger partial charge < -0.3 is 15.2 Å². The fourth-order valence-electron chi connectivity index (χ4n) is 4.46. The first-order valence-electron chi connectivity index (χ1n) is 11.6. The van der Waals surface area contributed by atoms with Crippen molar-refractivity contribution in [3.63, 3.8) is 0 Å². The molecule has 0 amide bonds. The van der Waals surface area contributed by atoms with Crippen molar-refractivity contribution in [1.29, 1.82) is 0 Å². The van der Waals surface area contributed by atoms with Gasteiger partial charge >= 0.3 is 0 Å². The van der Waals surface area contributed by atoms with Gasteiger partial charge in [0.05, 0.1) is 16.9 Å². The van der Waals surface area contributed by atoms with E-state index in [1.54, 1.807) is 13.3 Å². The number of pyridine rings is 2. The standard InChI is InChI=1S/C28H24N6O2/c1-35-17-34-26(25-14-20(9-11-30-25)36-16-18-5-3-2-4-6-18)15-22-21(10-12-31-28(22)34)19-7-8-24-23(13-19)27(29)33-32-24/h2-15H,16-17H2,1H3,(H3,29,32,33). The van der Waals surface area contributed by atoms with Crippen LogP contribution in [0.5, 0.6) is 5.75 Å². The summed E-state index contributed by atoms with van der Waals surface area (Å²) >= 11 is 0. The van der Waals surface area contributed by atoms with Crippen molar-refractivity contribution in [1.82, 2.24) is 24.7 Å². The monoisotopic (exact) mass is 476 g/mol. The third-order valence-corrected chi connectivity index (χ3v) is 6.20. The van der Waals surface area contributed by atoms with Crippen LogP contribution in [0, 0.1) is 0 Å². The molecule has 0 fully saturated rings. The molecule has 0 aliphatic carbocycles. The molecule has 0 saturated carbocycles. The topological polar surface area (TPSA) is 104 Å². The number of nitrogen functional groups attached to an aromatic ring is 1. The van der Waals surface area contributed by atoms with Gasteiger partial charge in [0.15, 0.2) is 5.82 Å². The van der Waals surface area contributed by atoms with E-state index in [-0.39, 0.29) is 0 Å². The molecule has 0 spiro atoms. The van der Waals surface area contributed by atoms with Gasteiger partial charge in [-0.25, -0.2) is 4.98 Å². The van der Waals surface area contributed by atoms with Gasteiger partial charge in [-0.05, 0) is 47.0 Å². The van der Waals surface area contributed by atoms with E-state index in [9.17, 15) is 0 Å². The molecule has 0 bridgehead atoms. The molecule has 4 aromatic heterocycles. The average Bonchev–Trinajstić information content (AvgIpc) is 3.49. The molecule has 6 aromatic rings. The molecule has 178 valence electrons. The van der Waals surface area contributed by atoms with Gasteiger partial charge in [0, 0.05) is 36.3 Å². The molecule has 0 atom stereocenters. The van der Waals surface area contributed by atoms with Crippen molar-refractivity contribution in [2.24, 2.45) is 0 Å². The summed E-state index contributed by atoms with van der Waals surface area (Å²) in [5.74, 6) is 1.22. The van der Waals surface area contributed by atoms with Crippen LogP contribution in [0.3, 0.4) is 0 Å². The molecule has 4 heterocycles. The molecule has 8 heteroatoms. The first-order chi connectivity index (χ1) is 17.7. The summed E-state index contributed by atoms with van der Waals surface area (Å²) in [6.07, 6.45) is 3.57. The summed E-state index contributed by atoms with van der Waals surface area (Å²) < 4.78 is 13.6. The first-order valence-corrected chi connectivity index (χ1v) is 11.6. The van der Waals surface area contributed by atoms with E-state index in [0.717, 1.165) is 55.8 Å². The van der Waals surface area contributed by atoms with Crippen LogP contribution in [0.15, 0.2) is 85.2 Å². The Hall–Kier alpha value is -4.69. The normalized spacial score (nSPS) is 11.4. The number of H-pyrrole nitrogens is 1. The van der Waals surface area contributed by atoms with E-state index >= 15 is 0 Å². The Balaban J connectivity index is 1.43. The highest BCUT2D eigenvalue weighted by molar-refractivity contribution is 6.00. The summed E-state index contributed by atoms with van der Waals surface area (Å²) in [6.45, 7) is 0.816. The number of nitrogens with two attached hydrogens (primary N) is 1. The second-order valence-electron chi connectivity index (χ2n) is 8.49. The zero-order valence-corrected chi connectivity index (χ0v) is 19.7. The van der Waals surface area contributed by atoms with Crippen LogP contribution in [0.4, 0.5) is 5.82 Å². The van der Waals surface area contributed by atoms with E-state index in [4.69, 9.17) is 15.2 Å². The lowest BCUT2D eigenvalue weighted by atomic mass is 10.0. The van der Waals surface area contributed by atoms with Gasteiger partial charge in [-0.3, -0.25) is 14.6 Å². The maximum absolute atomic E-state index is 6.06. The van der Waals surface area contributed by atoms with Gasteiger partial charge in [0.2, 0.25) is 0 Å². The Bertz CT molecular complexity index is 1670. The quantitative estimate of drug-likeness (QED) is 0.319. The largest absolute Gasteiger partial charge is 0.489 e. The highest BCUT2D eigenvalue weighted by Gasteiger charge is 2.17. The lowest BCUT2D eigenvalue weighted by molar-refractivity contribution is 0.135. The van der Waals surface area contributed by atoms with E-state index in [2.05, 4.69) is 32.3 Å². The molecule has 0 unspecified atom stereocenters. The second-order valence-corrected chi connectivity index (χ2v) is 8.49. The van der Waals surface area contributed by atoms with E-state index < -0.39 is 0 Å². The van der Waals surface area contributed by atoms with Crippen molar-refractivity contribution >= 4 is 27.8 Å². The summed E-state index contributed by atoms with van der Waals surface area (Å²) in [5, 5.41) is 8.95. The zero-order chi connectivity index (χ0) is 24.5. The van der Waals surface area contributed by atoms with Crippen LogP contribution < -0.4 is 10.5 Å². The molecule has 36 heavy (non-hydrogen) atoms. The molecule has 2 aromatic carbocycles. The Labute approximate surface area is 207 Å². The summed E-state index contributed by atoms with van der Waals surface area (Å²) in [4.78, 5) is 9.32. The summed E-state index contributed by atoms with van der Waals surface area (Å²) in [6, 6.07) is 24.1. The molecule has 0 radical (unpaired) electrons. The molecule has 0 aliphatic rings. The number of hydrogen-bond acceptors (Lipinski definition) is 6. The maximum Gasteiger partial charge on any atom is 0.153 e. The van der Waals surface area contributed by atoms with Crippen molar-refractivity contribution in [2.45, 2.75) is 13.3 Å². The number of fused-ring (bicyclic) bond motifs is 2. The van der Waals surface area contributed by atoms with E-state index in [1.807, 2.05) is 71.4 Å². The number of anilines is 1. The zero-order valence-electron chi connectivity index (χ0n) is 19.7. The molecule has 3 N–H and O–H groups in total. The van der Waals surface area contributed by atoms with Crippen molar-refractivity contribution < 1.29 is 9.47 Å². The third-order valence-electron chi connectivity index (χ3n) is 6.20. The molecule has 0 saturated heterocycles. The first kappa shape index (κ1) is 21.8. The predicted molar refractivity (Wildman–Crippen MR) is 140 cm³/mol. The number of aromatic amines is 1. The van der Waals surface area contributed by atoms with Crippen LogP contribution in [0.25, 0.3) is 44.5 Å². The van der Waals surface area contributed by atoms with Gasteiger partial charge in [0.1, 0.15) is 24.7 Å². The van der Waals surface area contributed by atoms with Crippen LogP contribution in [0.2, 0.25) is 0 Å². The van der Waals surface area contributed by atoms with Gasteiger partial charge in [-0.2, -0.15) is 5.10 Å². The third kappa shape index (κ3) is 3.93. The van der Waals surface area contributed by atoms with Crippen LogP contribution in [-0.2, 0) is 18.1 Å². The minimum Gasteiger partial charge on any atom is -0.489 e. The Morgan fingerprint density at radius 1 is 0.917 bits per heavy atom. The van der Waals surface area contributed by atoms with Crippen molar-refractivity contribution in [3.8, 4) is 28.3 Å². The van der Waals surface area contributed by atoms with Gasteiger partial charge in [0.25, 0.3) is 0 Å². The van der Waals surface area contributed by atoms with Crippen molar-refractivity contribution in [2.75, 3.05) is 12.8 Å². The number of ether oxygens (including phenoxy) is 2. The Morgan fingerprint density at radius 3 is 2.64 bits per heavy atom. The molecule has 8 nitrogen and oxygen atoms in total. The number of methoxy groups -OCH3 is 1. The average molecular weight is 477 g/mol. The molecule has 0 aliphatic heterocycles. The SMILES string of the molecule is COCn1c(-c2cc(OCc3ccccc3)ccn2)cc2c(-c3ccc4[nH]nc(N)c4c3)ccnc21. The van der Waals surface area contributed by atoms with Crippen LogP contribution in [0.1, 0.15) is 5.56 Å². The highest BCUT2D eigenvalue weighted by atomic mass is 16.5. The summed E-state index contributed by atoms with van der Waals surface area (Å²) in [7, 11) is 1.67. The van der Waals surface area contributed by atoms with E-state index in [0.29, 0.717) is 19.2 Å². The van der Waals surface area contributed by atoms with Gasteiger partial charge in [-0.1, -0.05) is 36.4 Å². The fourth-order valence-corrected chi connectivity index (χ4v) is 4.46. The second kappa shape index (κ2) is 9.16. The van der Waals surface area contributed by atoms with Crippen molar-refractivity contribution in [3.05, 3.63) is 90.8 Å². The van der Waals surface area contributed by atoms with E-state index in [1.165, 1.54) is 0 Å². The lowest BCUT2D eigenvalue weighted by Gasteiger charge is -2.11. The highest BCUT2D eigenvalue weighted by Crippen LogP contribution is 2.35. The van der Waals surface area contributed by atoms with Gasteiger partial charge in [-0.15, -0.1) is 0 Å². The number of nitrogens with zero attached hydrogens (tertiary/aromatic N) is 4. The number of hydrogen-bond donors (Lipinski definition) is 2. The Kier molecular flexibility index (Phi) is 5.55. The molecular weight excluding hydrogens is 452 g/mol. The minimum absolute atomic E-state index is 0.333. The number of nitrogens with one attached hydrogen (secondary N) is 1. The minimum atomic E-state index is 0.333. The molecular formula is C28H24N6O2. The number of rotatable bonds is 7. The molecule has 6 rings (SSSR count).